The van der Waals surface area contributed by atoms with Gasteiger partial charge in [-0.1, -0.05) is 26.8 Å². The molecule has 0 amide bonds. The van der Waals surface area contributed by atoms with Gasteiger partial charge in [0.25, 0.3) is 0 Å². The second kappa shape index (κ2) is 3.65. The van der Waals surface area contributed by atoms with Crippen LogP contribution in [0.25, 0.3) is 0 Å². The molecule has 1 unspecified atom stereocenters. The summed E-state index contributed by atoms with van der Waals surface area (Å²) >= 11 is 0. The number of carbonyl (C=O) groups is 1. The summed E-state index contributed by atoms with van der Waals surface area (Å²) in [5.41, 5.74) is -0.101. The molecule has 0 aromatic carbocycles. The fourth-order valence-electron chi connectivity index (χ4n) is 2.33. The molecule has 1 saturated carbocycles. The Kier molecular flexibility index (Phi) is 2.94. The molecule has 0 spiro atoms. The summed E-state index contributed by atoms with van der Waals surface area (Å²) in [5.74, 6) is 1.26. The van der Waals surface area contributed by atoms with Crippen molar-refractivity contribution >= 4 is 5.78 Å². The third-order valence-corrected chi connectivity index (χ3v) is 3.34. The Morgan fingerprint density at radius 1 is 1.69 bits per heavy atom. The summed E-state index contributed by atoms with van der Waals surface area (Å²) < 4.78 is 0. The molecule has 1 nitrogen and oxygen atoms in total. The van der Waals surface area contributed by atoms with Gasteiger partial charge in [0.15, 0.2) is 0 Å². The average Bonchev–Trinajstić information content (AvgIpc) is 2.30. The van der Waals surface area contributed by atoms with Gasteiger partial charge >= 0.3 is 0 Å². The van der Waals surface area contributed by atoms with Crippen LogP contribution in [-0.4, -0.2) is 5.78 Å². The molecule has 0 heterocycles. The van der Waals surface area contributed by atoms with Crippen molar-refractivity contribution in [1.29, 1.82) is 0 Å². The minimum Gasteiger partial charge on any atom is -0.299 e. The molecule has 1 aliphatic rings. The van der Waals surface area contributed by atoms with Gasteiger partial charge in [0.2, 0.25) is 0 Å². The number of carbonyl (C=O) groups excluding carboxylic acids is 1. The van der Waals surface area contributed by atoms with Crippen LogP contribution in [0.2, 0.25) is 0 Å². The maximum absolute atomic E-state index is 12.0. The zero-order valence-electron chi connectivity index (χ0n) is 8.97. The SMILES string of the molecule is C=CC[C@]1(C)CCC(C(C)C)C1=O. The maximum Gasteiger partial charge on any atom is 0.142 e. The average molecular weight is 180 g/mol. The molecule has 0 bridgehead atoms. The number of hydrogen-bond donors (Lipinski definition) is 0. The van der Waals surface area contributed by atoms with Crippen molar-refractivity contribution in [2.45, 2.75) is 40.0 Å². The summed E-state index contributed by atoms with van der Waals surface area (Å²) in [7, 11) is 0. The van der Waals surface area contributed by atoms with Crippen molar-refractivity contribution in [3.05, 3.63) is 12.7 Å². The molecule has 2 atom stereocenters. The minimum atomic E-state index is -0.101. The molecule has 1 heteroatoms. The fraction of sp³-hybridized carbons (Fsp3) is 0.750. The first kappa shape index (κ1) is 10.5. The third kappa shape index (κ3) is 1.84. The lowest BCUT2D eigenvalue weighted by Gasteiger charge is -2.21. The van der Waals surface area contributed by atoms with E-state index in [1.54, 1.807) is 0 Å². The summed E-state index contributed by atoms with van der Waals surface area (Å²) in [6, 6.07) is 0. The summed E-state index contributed by atoms with van der Waals surface area (Å²) in [4.78, 5) is 12.0. The Hall–Kier alpha value is -0.590. The first-order valence-corrected chi connectivity index (χ1v) is 5.16. The van der Waals surface area contributed by atoms with Crippen LogP contribution in [-0.2, 0) is 4.79 Å². The largest absolute Gasteiger partial charge is 0.299 e. The van der Waals surface area contributed by atoms with Crippen LogP contribution in [0.15, 0.2) is 12.7 Å². The molecule has 1 fully saturated rings. The van der Waals surface area contributed by atoms with Crippen LogP contribution < -0.4 is 0 Å². The van der Waals surface area contributed by atoms with Gasteiger partial charge in [0.1, 0.15) is 5.78 Å². The molecule has 1 aliphatic carbocycles. The van der Waals surface area contributed by atoms with Crippen molar-refractivity contribution in [2.24, 2.45) is 17.3 Å². The monoisotopic (exact) mass is 180 g/mol. The lowest BCUT2D eigenvalue weighted by atomic mass is 9.81. The van der Waals surface area contributed by atoms with Crippen LogP contribution >= 0.6 is 0 Å². The molecule has 13 heavy (non-hydrogen) atoms. The normalized spacial score (nSPS) is 34.2. The topological polar surface area (TPSA) is 17.1 Å². The highest BCUT2D eigenvalue weighted by Gasteiger charge is 2.43. The number of hydrogen-bond acceptors (Lipinski definition) is 1. The molecule has 0 radical (unpaired) electrons. The van der Waals surface area contributed by atoms with E-state index in [1.165, 1.54) is 0 Å². The molecule has 0 N–H and O–H groups in total. The minimum absolute atomic E-state index is 0.101. The highest BCUT2D eigenvalue weighted by atomic mass is 16.1. The Bertz CT molecular complexity index is 217. The van der Waals surface area contributed by atoms with E-state index in [-0.39, 0.29) is 5.41 Å². The van der Waals surface area contributed by atoms with Gasteiger partial charge in [-0.05, 0) is 25.2 Å². The second-order valence-electron chi connectivity index (χ2n) is 4.81. The van der Waals surface area contributed by atoms with E-state index in [0.29, 0.717) is 17.6 Å². The molecule has 1 rings (SSSR count). The maximum atomic E-state index is 12.0. The quantitative estimate of drug-likeness (QED) is 0.609. The smallest absolute Gasteiger partial charge is 0.142 e. The summed E-state index contributed by atoms with van der Waals surface area (Å²) in [6.45, 7) is 10.1. The Morgan fingerprint density at radius 2 is 2.31 bits per heavy atom. The number of rotatable bonds is 3. The van der Waals surface area contributed by atoms with Crippen molar-refractivity contribution in [1.82, 2.24) is 0 Å². The van der Waals surface area contributed by atoms with E-state index < -0.39 is 0 Å². The molecular weight excluding hydrogens is 160 g/mol. The van der Waals surface area contributed by atoms with Crippen molar-refractivity contribution in [2.75, 3.05) is 0 Å². The molecule has 0 saturated heterocycles. The van der Waals surface area contributed by atoms with Crippen LogP contribution in [0, 0.1) is 17.3 Å². The zero-order chi connectivity index (χ0) is 10.1. The van der Waals surface area contributed by atoms with E-state index in [9.17, 15) is 4.79 Å². The number of allylic oxidation sites excluding steroid dienone is 1. The highest BCUT2D eigenvalue weighted by molar-refractivity contribution is 5.89. The van der Waals surface area contributed by atoms with Gasteiger partial charge in [0, 0.05) is 11.3 Å². The Balaban J connectivity index is 2.74. The molecule has 0 aromatic rings. The third-order valence-electron chi connectivity index (χ3n) is 3.34. The van der Waals surface area contributed by atoms with Crippen LogP contribution in [0.3, 0.4) is 0 Å². The van der Waals surface area contributed by atoms with Gasteiger partial charge < -0.3 is 0 Å². The fourth-order valence-corrected chi connectivity index (χ4v) is 2.33. The first-order valence-electron chi connectivity index (χ1n) is 5.16. The lowest BCUT2D eigenvalue weighted by molar-refractivity contribution is -0.129. The summed E-state index contributed by atoms with van der Waals surface area (Å²) in [6.07, 6.45) is 4.83. The van der Waals surface area contributed by atoms with Gasteiger partial charge in [-0.25, -0.2) is 0 Å². The lowest BCUT2D eigenvalue weighted by Crippen LogP contribution is -2.26. The van der Waals surface area contributed by atoms with E-state index in [0.717, 1.165) is 19.3 Å². The molecular formula is C12H20O. The highest BCUT2D eigenvalue weighted by Crippen LogP contribution is 2.43. The van der Waals surface area contributed by atoms with E-state index in [2.05, 4.69) is 27.4 Å². The molecule has 0 aromatic heterocycles. The van der Waals surface area contributed by atoms with E-state index >= 15 is 0 Å². The van der Waals surface area contributed by atoms with Crippen LogP contribution in [0.4, 0.5) is 0 Å². The summed E-state index contributed by atoms with van der Waals surface area (Å²) in [5, 5.41) is 0. The van der Waals surface area contributed by atoms with Crippen molar-refractivity contribution in [3.8, 4) is 0 Å². The predicted molar refractivity (Wildman–Crippen MR) is 55.5 cm³/mol. The first-order chi connectivity index (χ1) is 6.01. The van der Waals surface area contributed by atoms with Crippen LogP contribution in [0.5, 0.6) is 0 Å². The van der Waals surface area contributed by atoms with E-state index in [1.807, 2.05) is 6.08 Å². The van der Waals surface area contributed by atoms with Crippen molar-refractivity contribution < 1.29 is 4.79 Å². The second-order valence-corrected chi connectivity index (χ2v) is 4.81. The van der Waals surface area contributed by atoms with Gasteiger partial charge in [0.05, 0.1) is 0 Å². The zero-order valence-corrected chi connectivity index (χ0v) is 8.97. The Morgan fingerprint density at radius 3 is 2.69 bits per heavy atom. The standard InChI is InChI=1S/C12H20O/c1-5-7-12(4)8-6-10(9(2)3)11(12)13/h5,9-10H,1,6-8H2,2-4H3/t10?,12-/m1/s1. The van der Waals surface area contributed by atoms with Crippen molar-refractivity contribution in [3.63, 3.8) is 0 Å². The van der Waals surface area contributed by atoms with Gasteiger partial charge in [-0.15, -0.1) is 6.58 Å². The van der Waals surface area contributed by atoms with E-state index in [4.69, 9.17) is 0 Å². The Labute approximate surface area is 81.2 Å². The predicted octanol–water partition coefficient (Wildman–Crippen LogP) is 3.20. The van der Waals surface area contributed by atoms with Gasteiger partial charge in [-0.3, -0.25) is 4.79 Å². The number of Topliss-reactive ketones (excluding diaryl/α,β-unsaturated/α-hetero) is 1. The van der Waals surface area contributed by atoms with Gasteiger partial charge in [-0.2, -0.15) is 0 Å². The molecule has 74 valence electrons. The number of ketones is 1. The van der Waals surface area contributed by atoms with Crippen LogP contribution in [0.1, 0.15) is 40.0 Å². The molecule has 0 aliphatic heterocycles.